The van der Waals surface area contributed by atoms with Crippen LogP contribution in [0, 0.1) is 23.7 Å². The average molecular weight is 549 g/mol. The van der Waals surface area contributed by atoms with Crippen molar-refractivity contribution < 1.29 is 19.1 Å². The number of ether oxygens (including phenoxy) is 1. The van der Waals surface area contributed by atoms with Gasteiger partial charge in [-0.25, -0.2) is 14.6 Å². The number of carbonyl (C=O) groups is 3. The van der Waals surface area contributed by atoms with Crippen LogP contribution in [-0.4, -0.2) is 70.1 Å². The largest absolute Gasteiger partial charge is 0.444 e. The summed E-state index contributed by atoms with van der Waals surface area (Å²) in [6, 6.07) is 3.68. The van der Waals surface area contributed by atoms with Gasteiger partial charge in [0.25, 0.3) is 0 Å². The van der Waals surface area contributed by atoms with Crippen LogP contribution in [-0.2, 0) is 9.53 Å². The number of nitrogens with one attached hydrogen (secondary N) is 2. The Hall–Kier alpha value is -3.58. The molecule has 4 heterocycles. The van der Waals surface area contributed by atoms with Crippen LogP contribution in [0.3, 0.4) is 0 Å². The number of hydrogen-bond acceptors (Lipinski definition) is 6. The first-order valence-electron chi connectivity index (χ1n) is 14.4. The van der Waals surface area contributed by atoms with E-state index in [0.717, 1.165) is 69.4 Å². The lowest BCUT2D eigenvalue weighted by atomic mass is 9.85. The van der Waals surface area contributed by atoms with Crippen molar-refractivity contribution >= 4 is 29.5 Å². The Morgan fingerprint density at radius 2 is 1.88 bits per heavy atom. The van der Waals surface area contributed by atoms with Crippen LogP contribution in [0.5, 0.6) is 0 Å². The highest BCUT2D eigenvalue weighted by Gasteiger charge is 2.28. The van der Waals surface area contributed by atoms with Crippen molar-refractivity contribution in [3.05, 3.63) is 30.1 Å². The smallest absolute Gasteiger partial charge is 0.407 e. The first-order valence-corrected chi connectivity index (χ1v) is 14.4. The third kappa shape index (κ3) is 7.13. The molecule has 0 bridgehead atoms. The number of piperidine rings is 1. The number of amides is 4. The van der Waals surface area contributed by atoms with E-state index in [4.69, 9.17) is 4.74 Å². The van der Waals surface area contributed by atoms with E-state index in [2.05, 4.69) is 32.4 Å². The summed E-state index contributed by atoms with van der Waals surface area (Å²) in [6.45, 7) is 9.26. The lowest BCUT2D eigenvalue weighted by Gasteiger charge is -2.36. The zero-order valence-electron chi connectivity index (χ0n) is 23.7. The van der Waals surface area contributed by atoms with E-state index in [0.29, 0.717) is 24.2 Å². The maximum Gasteiger partial charge on any atom is 0.407 e. The van der Waals surface area contributed by atoms with E-state index in [1.54, 1.807) is 6.20 Å². The number of likely N-dealkylation sites (tertiary alicyclic amines) is 1. The van der Waals surface area contributed by atoms with E-state index in [1.165, 1.54) is 4.90 Å². The zero-order chi connectivity index (χ0) is 28.3. The molecule has 2 aromatic rings. The van der Waals surface area contributed by atoms with Crippen LogP contribution in [0.15, 0.2) is 24.5 Å². The highest BCUT2D eigenvalue weighted by Crippen LogP contribution is 2.27. The molecule has 4 amide bonds. The van der Waals surface area contributed by atoms with E-state index in [1.807, 2.05) is 43.5 Å². The molecule has 1 aliphatic carbocycles. The Morgan fingerprint density at radius 1 is 1.12 bits per heavy atom. The number of rotatable bonds is 4. The predicted molar refractivity (Wildman–Crippen MR) is 152 cm³/mol. The van der Waals surface area contributed by atoms with Crippen LogP contribution in [0.1, 0.15) is 71.3 Å². The van der Waals surface area contributed by atoms with Gasteiger partial charge in [0.1, 0.15) is 17.1 Å². The summed E-state index contributed by atoms with van der Waals surface area (Å²) < 4.78 is 7.25. The minimum absolute atomic E-state index is 0.217. The van der Waals surface area contributed by atoms with Crippen molar-refractivity contribution in [1.82, 2.24) is 24.9 Å². The lowest BCUT2D eigenvalue weighted by Crippen LogP contribution is -2.50. The van der Waals surface area contributed by atoms with Gasteiger partial charge < -0.3 is 15.0 Å². The van der Waals surface area contributed by atoms with Gasteiger partial charge in [-0.15, -0.1) is 0 Å². The van der Waals surface area contributed by atoms with Crippen molar-refractivity contribution in [2.75, 3.05) is 31.1 Å². The highest BCUT2D eigenvalue weighted by molar-refractivity contribution is 6.05. The molecule has 10 heteroatoms. The first kappa shape index (κ1) is 28.0. The second-order valence-corrected chi connectivity index (χ2v) is 12.2. The van der Waals surface area contributed by atoms with E-state index < -0.39 is 11.6 Å². The molecule has 1 saturated carbocycles. The number of alkyl carbamates (subject to hydrolysis) is 1. The molecule has 40 heavy (non-hydrogen) atoms. The Morgan fingerprint density at radius 3 is 2.58 bits per heavy atom. The Kier molecular flexibility index (Phi) is 8.31. The van der Waals surface area contributed by atoms with E-state index in [9.17, 15) is 14.4 Å². The monoisotopic (exact) mass is 548 g/mol. The topological polar surface area (TPSA) is 108 Å². The quantitative estimate of drug-likeness (QED) is 0.561. The van der Waals surface area contributed by atoms with Crippen molar-refractivity contribution in [2.24, 2.45) is 11.8 Å². The third-order valence-electron chi connectivity index (χ3n) is 7.92. The minimum Gasteiger partial charge on any atom is -0.444 e. The summed E-state index contributed by atoms with van der Waals surface area (Å²) in [4.78, 5) is 44.3. The Labute approximate surface area is 235 Å². The van der Waals surface area contributed by atoms with Crippen molar-refractivity contribution in [1.29, 1.82) is 0 Å². The van der Waals surface area contributed by atoms with E-state index >= 15 is 0 Å². The maximum absolute atomic E-state index is 12.2. The molecule has 0 aromatic carbocycles. The number of carbonyl (C=O) groups excluding carboxylic acids is 3. The van der Waals surface area contributed by atoms with Crippen LogP contribution in [0.25, 0.3) is 5.65 Å². The number of hydrogen-bond donors (Lipinski definition) is 2. The fourth-order valence-electron chi connectivity index (χ4n) is 5.80. The summed E-state index contributed by atoms with van der Waals surface area (Å²) in [5, 5.41) is 5.39. The van der Waals surface area contributed by atoms with Crippen molar-refractivity contribution in [3.8, 4) is 11.8 Å². The van der Waals surface area contributed by atoms with Crippen LogP contribution in [0.4, 0.5) is 15.4 Å². The highest BCUT2D eigenvalue weighted by atomic mass is 16.6. The SMILES string of the molecule is CC(C)(C)OC(=O)NC1CCC(CN2CCC(C#Cc3ccn4c(N5CCC(=O)NC5=O)cnc4c3)CC2)CC1. The molecular formula is C30H40N6O4. The summed E-state index contributed by atoms with van der Waals surface area (Å²) in [6.07, 6.45) is 9.94. The molecule has 2 N–H and O–H groups in total. The fourth-order valence-corrected chi connectivity index (χ4v) is 5.80. The summed E-state index contributed by atoms with van der Waals surface area (Å²) in [5.41, 5.74) is 1.16. The number of imide groups is 1. The molecule has 0 radical (unpaired) electrons. The van der Waals surface area contributed by atoms with Crippen LogP contribution in [0.2, 0.25) is 0 Å². The number of fused-ring (bicyclic) bond motifs is 1. The van der Waals surface area contributed by atoms with Gasteiger partial charge in [-0.3, -0.25) is 19.4 Å². The second-order valence-electron chi connectivity index (χ2n) is 12.2. The molecule has 0 spiro atoms. The van der Waals surface area contributed by atoms with Gasteiger partial charge in [0, 0.05) is 43.2 Å². The zero-order valence-corrected chi connectivity index (χ0v) is 23.7. The van der Waals surface area contributed by atoms with Gasteiger partial charge in [-0.1, -0.05) is 11.8 Å². The second kappa shape index (κ2) is 11.9. The van der Waals surface area contributed by atoms with Crippen molar-refractivity contribution in [3.63, 3.8) is 0 Å². The number of anilines is 1. The van der Waals surface area contributed by atoms with Gasteiger partial charge in [0.05, 0.1) is 6.20 Å². The van der Waals surface area contributed by atoms with Crippen LogP contribution < -0.4 is 15.5 Å². The predicted octanol–water partition coefficient (Wildman–Crippen LogP) is 3.93. The summed E-state index contributed by atoms with van der Waals surface area (Å²) in [5.74, 6) is 8.25. The standard InChI is InChI=1S/C30H40N6O4/c1-30(2,3)40-29(39)32-24-8-6-23(7-9-24)20-34-14-10-21(11-15-34)4-5-22-12-16-35-25(18-22)31-19-27(35)36-17-13-26(37)33-28(36)38/h12,16,18-19,21,23-24H,6-11,13-15,17,20H2,1-3H3,(H,32,39)(H,33,37,38). The fraction of sp³-hybridized carbons (Fsp3) is 0.600. The Bertz CT molecular complexity index is 1300. The molecule has 3 aliphatic rings. The van der Waals surface area contributed by atoms with Crippen molar-refractivity contribution in [2.45, 2.75) is 77.4 Å². The molecule has 2 saturated heterocycles. The number of aromatic nitrogens is 2. The molecule has 10 nitrogen and oxygen atoms in total. The lowest BCUT2D eigenvalue weighted by molar-refractivity contribution is -0.120. The minimum atomic E-state index is -0.465. The molecule has 5 rings (SSSR count). The molecule has 214 valence electrons. The van der Waals surface area contributed by atoms with Gasteiger partial charge in [0.2, 0.25) is 5.91 Å². The first-order chi connectivity index (χ1) is 19.1. The van der Waals surface area contributed by atoms with E-state index in [-0.39, 0.29) is 24.5 Å². The number of pyridine rings is 1. The number of nitrogens with zero attached hydrogens (tertiary/aromatic N) is 4. The molecule has 0 atom stereocenters. The third-order valence-corrected chi connectivity index (χ3v) is 7.92. The molecule has 2 aromatic heterocycles. The van der Waals surface area contributed by atoms with Crippen LogP contribution >= 0.6 is 0 Å². The Balaban J connectivity index is 1.07. The summed E-state index contributed by atoms with van der Waals surface area (Å²) in [7, 11) is 0. The van der Waals surface area contributed by atoms with Gasteiger partial charge in [-0.05, 0) is 90.4 Å². The number of urea groups is 1. The molecule has 0 unspecified atom stereocenters. The molecular weight excluding hydrogens is 508 g/mol. The summed E-state index contributed by atoms with van der Waals surface area (Å²) >= 11 is 0. The number of imidazole rings is 1. The van der Waals surface area contributed by atoms with Gasteiger partial charge in [0.15, 0.2) is 0 Å². The van der Waals surface area contributed by atoms with Gasteiger partial charge >= 0.3 is 12.1 Å². The molecule has 2 aliphatic heterocycles. The maximum atomic E-state index is 12.2. The normalized spacial score (nSPS) is 22.9. The average Bonchev–Trinajstić information content (AvgIpc) is 3.31. The molecule has 3 fully saturated rings. The van der Waals surface area contributed by atoms with Gasteiger partial charge in [-0.2, -0.15) is 0 Å².